The van der Waals surface area contributed by atoms with Crippen molar-refractivity contribution in [1.29, 1.82) is 0 Å². The number of nitrogens with zero attached hydrogens (tertiary/aromatic N) is 4. The van der Waals surface area contributed by atoms with Crippen molar-refractivity contribution in [2.45, 2.75) is 190 Å². The van der Waals surface area contributed by atoms with Crippen LogP contribution in [0.1, 0.15) is 128 Å². The number of carboxylic acid groups (broad SMARTS) is 1. The van der Waals surface area contributed by atoms with Gasteiger partial charge in [-0.2, -0.15) is 0 Å². The summed E-state index contributed by atoms with van der Waals surface area (Å²) in [5.74, 6) is -8.26. The molecule has 1 aromatic rings. The van der Waals surface area contributed by atoms with Gasteiger partial charge < -0.3 is 84.9 Å². The van der Waals surface area contributed by atoms with E-state index < -0.39 is 139 Å². The Morgan fingerprint density at radius 3 is 1.93 bits per heavy atom. The molecular formula is C56H88N14O13. The van der Waals surface area contributed by atoms with Crippen molar-refractivity contribution in [3.05, 3.63) is 35.4 Å². The van der Waals surface area contributed by atoms with E-state index in [1.165, 1.54) is 9.80 Å². The van der Waals surface area contributed by atoms with Crippen molar-refractivity contribution in [1.82, 2.24) is 46.6 Å². The minimum absolute atomic E-state index is 0.0366. The van der Waals surface area contributed by atoms with E-state index in [1.807, 2.05) is 19.9 Å². The number of rotatable bonds is 28. The van der Waals surface area contributed by atoms with E-state index in [0.717, 1.165) is 41.7 Å². The number of guanidine groups is 1. The standard InChI is InChI=1S/C56H88N14O13/c1-31(2)24-37(58)47(74)63-38(18-9-21-57)48(75)64-39(19-10-22-61-56(59)60)52(79)68-23-11-20-41(68)54(81)70-29-36(72)26-43(70)49(76)62-27-44(73)66-45(32-12-3-4-13-32)51(78)65-40(30-71)53(80)69-28-35-17-8-7-16-34(35)25-42(69)50(77)67-46(55(82)83)33-14-5-6-15-33/h7-8,16-17,31-33,36-43,45-46,71-72H,3-6,9-15,18-30,57-58H2,1-2H3,(H,62,76)(H,63,74)(H,64,75)(H,65,78)(H,66,73)(H,67,77)(H,82,83)(H4,59,60,61)/t36-,37+,38-,39+,40+,41+,42-,43+,45?,46?/m1/s1. The Hall–Kier alpha value is -6.97. The number of aliphatic hydroxyl groups excluding tert-OH is 2. The van der Waals surface area contributed by atoms with Gasteiger partial charge in [0.25, 0.3) is 0 Å². The highest BCUT2D eigenvalue weighted by atomic mass is 16.4. The molecule has 0 aromatic heterocycles. The van der Waals surface area contributed by atoms with Crippen molar-refractivity contribution in [2.75, 3.05) is 39.3 Å². The van der Waals surface area contributed by atoms with E-state index >= 15 is 0 Å². The van der Waals surface area contributed by atoms with Crippen LogP contribution in [0.25, 0.3) is 0 Å². The van der Waals surface area contributed by atoms with Crippen LogP contribution in [0.5, 0.6) is 0 Å². The van der Waals surface area contributed by atoms with Crippen molar-refractivity contribution in [3.8, 4) is 0 Å². The lowest BCUT2D eigenvalue weighted by atomic mass is 9.91. The molecule has 2 saturated heterocycles. The van der Waals surface area contributed by atoms with Crippen molar-refractivity contribution in [2.24, 2.45) is 45.7 Å². The smallest absolute Gasteiger partial charge is 0.326 e. The monoisotopic (exact) mass is 1160 g/mol. The Kier molecular flexibility index (Phi) is 24.4. The van der Waals surface area contributed by atoms with Gasteiger partial charge in [-0.25, -0.2) is 4.79 Å². The number of carbonyl (C=O) groups excluding carboxylic acids is 9. The average Bonchev–Trinajstić information content (AvgIpc) is 4.55. The molecule has 3 aliphatic heterocycles. The number of nitrogens with one attached hydrogen (secondary N) is 6. The summed E-state index contributed by atoms with van der Waals surface area (Å²) in [7, 11) is 0. The Morgan fingerprint density at radius 1 is 0.687 bits per heavy atom. The molecule has 2 aliphatic carbocycles. The van der Waals surface area contributed by atoms with Crippen LogP contribution in [0.4, 0.5) is 0 Å². The van der Waals surface area contributed by atoms with Crippen LogP contribution in [0.3, 0.4) is 0 Å². The second-order valence-corrected chi connectivity index (χ2v) is 23.2. The molecule has 27 heteroatoms. The maximum Gasteiger partial charge on any atom is 0.326 e. The maximum absolute atomic E-state index is 14.5. The number of carbonyl (C=O) groups is 10. The van der Waals surface area contributed by atoms with E-state index in [1.54, 1.807) is 18.2 Å². The lowest BCUT2D eigenvalue weighted by Crippen LogP contribution is -2.62. The molecule has 10 atom stereocenters. The Labute approximate surface area is 483 Å². The predicted molar refractivity (Wildman–Crippen MR) is 302 cm³/mol. The summed E-state index contributed by atoms with van der Waals surface area (Å²) >= 11 is 0. The highest BCUT2D eigenvalue weighted by Crippen LogP contribution is 2.31. The second kappa shape index (κ2) is 31.1. The van der Waals surface area contributed by atoms with Gasteiger partial charge in [-0.05, 0) is 106 Å². The summed E-state index contributed by atoms with van der Waals surface area (Å²) in [4.78, 5) is 147. The van der Waals surface area contributed by atoms with Gasteiger partial charge in [0.2, 0.25) is 53.2 Å². The molecule has 4 fully saturated rings. The van der Waals surface area contributed by atoms with E-state index in [-0.39, 0.29) is 89.0 Å². The third-order valence-electron chi connectivity index (χ3n) is 16.6. The first-order chi connectivity index (χ1) is 39.6. The van der Waals surface area contributed by atoms with Gasteiger partial charge in [0, 0.05) is 39.0 Å². The first kappa shape index (κ1) is 65.2. The number of fused-ring (bicyclic) bond motifs is 1. The van der Waals surface area contributed by atoms with E-state index in [9.17, 15) is 63.3 Å². The molecule has 17 N–H and O–H groups in total. The minimum atomic E-state index is -1.57. The molecule has 27 nitrogen and oxygen atoms in total. The fourth-order valence-electron chi connectivity index (χ4n) is 12.3. The first-order valence-electron chi connectivity index (χ1n) is 29.4. The molecule has 1 aromatic carbocycles. The molecule has 83 heavy (non-hydrogen) atoms. The number of amides is 9. The Balaban J connectivity index is 1.10. The van der Waals surface area contributed by atoms with E-state index in [2.05, 4.69) is 36.9 Å². The van der Waals surface area contributed by atoms with Crippen LogP contribution in [-0.2, 0) is 60.9 Å². The largest absolute Gasteiger partial charge is 0.480 e. The van der Waals surface area contributed by atoms with Gasteiger partial charge in [0.1, 0.15) is 48.3 Å². The number of carboxylic acids is 1. The summed E-state index contributed by atoms with van der Waals surface area (Å²) in [6.45, 7) is 2.37. The first-order valence-corrected chi connectivity index (χ1v) is 29.4. The molecular weight excluding hydrogens is 1080 g/mol. The van der Waals surface area contributed by atoms with Crippen LogP contribution >= 0.6 is 0 Å². The van der Waals surface area contributed by atoms with E-state index in [4.69, 9.17) is 22.9 Å². The van der Waals surface area contributed by atoms with Gasteiger partial charge in [0.15, 0.2) is 5.96 Å². The highest BCUT2D eigenvalue weighted by molar-refractivity contribution is 5.98. The number of aliphatic carboxylic acids is 1. The summed E-state index contributed by atoms with van der Waals surface area (Å²) in [5, 5.41) is 47.6. The lowest BCUT2D eigenvalue weighted by Gasteiger charge is -2.38. The van der Waals surface area contributed by atoms with Crippen molar-refractivity contribution >= 4 is 65.1 Å². The third kappa shape index (κ3) is 17.8. The zero-order valence-corrected chi connectivity index (χ0v) is 47.8. The van der Waals surface area contributed by atoms with Crippen LogP contribution in [0.2, 0.25) is 0 Å². The molecule has 5 aliphatic rings. The van der Waals surface area contributed by atoms with Crippen LogP contribution in [0.15, 0.2) is 29.3 Å². The highest BCUT2D eigenvalue weighted by Gasteiger charge is 2.47. The zero-order valence-electron chi connectivity index (χ0n) is 47.8. The topological polar surface area (TPSA) is 430 Å². The quantitative estimate of drug-likeness (QED) is 0.0227. The second-order valence-electron chi connectivity index (χ2n) is 23.2. The van der Waals surface area contributed by atoms with Crippen molar-refractivity contribution in [3.63, 3.8) is 0 Å². The number of β-amino-alcohol motifs (C(OH)–C–C–N with tert-alkyl or cyclic N) is 1. The molecule has 460 valence electrons. The van der Waals surface area contributed by atoms with Gasteiger partial charge in [0.05, 0.1) is 25.3 Å². The fourth-order valence-corrected chi connectivity index (χ4v) is 12.3. The molecule has 2 unspecified atom stereocenters. The Bertz CT molecular complexity index is 2500. The van der Waals surface area contributed by atoms with Gasteiger partial charge in [-0.15, -0.1) is 0 Å². The fraction of sp³-hybridized carbons (Fsp3) is 0.696. The van der Waals surface area contributed by atoms with Crippen LogP contribution in [-0.4, -0.2) is 195 Å². The number of aliphatic hydroxyl groups is 2. The zero-order chi connectivity index (χ0) is 60.5. The molecule has 3 heterocycles. The number of hydrogen-bond donors (Lipinski definition) is 13. The number of likely N-dealkylation sites (tertiary alicyclic amines) is 2. The number of aliphatic imine (C=N–C) groups is 1. The number of benzene rings is 1. The van der Waals surface area contributed by atoms with E-state index in [0.29, 0.717) is 44.9 Å². The third-order valence-corrected chi connectivity index (χ3v) is 16.6. The summed E-state index contributed by atoms with van der Waals surface area (Å²) < 4.78 is 0. The van der Waals surface area contributed by atoms with Crippen LogP contribution in [0, 0.1) is 17.8 Å². The van der Waals surface area contributed by atoms with Gasteiger partial charge in [-0.3, -0.25) is 48.1 Å². The summed E-state index contributed by atoms with van der Waals surface area (Å²) in [6, 6.07) is -3.56. The molecule has 2 saturated carbocycles. The average molecular weight is 1170 g/mol. The van der Waals surface area contributed by atoms with Gasteiger partial charge in [-0.1, -0.05) is 63.8 Å². The number of hydrogen-bond acceptors (Lipinski definition) is 15. The van der Waals surface area contributed by atoms with Crippen LogP contribution < -0.4 is 54.8 Å². The van der Waals surface area contributed by atoms with Gasteiger partial charge >= 0.3 is 5.97 Å². The molecule has 9 amide bonds. The molecule has 0 bridgehead atoms. The lowest BCUT2D eigenvalue weighted by molar-refractivity contribution is -0.148. The number of nitrogens with two attached hydrogens (primary N) is 4. The SMILES string of the molecule is CC(C)C[C@H](N)C(=O)N[C@H](CCCN)C(=O)N[C@@H](CCCN=C(N)N)C(=O)N1CCC[C@H]1C(=O)N1C[C@H](O)C[C@H]1C(=O)NCC(=O)NC(C(=O)N[C@@H](CO)C(=O)N1Cc2ccccc2C[C@@H]1C(=O)NC(C(=O)O)C1CCCC1)C1CCCC1. The minimum Gasteiger partial charge on any atom is -0.480 e. The normalized spacial score (nSPS) is 22.1. The molecule has 0 radical (unpaired) electrons. The summed E-state index contributed by atoms with van der Waals surface area (Å²) in [5.41, 5.74) is 24.5. The maximum atomic E-state index is 14.5. The summed E-state index contributed by atoms with van der Waals surface area (Å²) in [6.07, 6.45) is 5.88. The predicted octanol–water partition coefficient (Wildman–Crippen LogP) is -2.94. The van der Waals surface area contributed by atoms with Crippen molar-refractivity contribution < 1.29 is 63.3 Å². The Morgan fingerprint density at radius 2 is 1.30 bits per heavy atom. The molecule has 6 rings (SSSR count). The molecule has 0 spiro atoms.